The lowest BCUT2D eigenvalue weighted by Crippen LogP contribution is -2.33. The Morgan fingerprint density at radius 3 is 2.56 bits per heavy atom. The zero-order chi connectivity index (χ0) is 25.0. The molecule has 34 heavy (non-hydrogen) atoms. The Bertz CT molecular complexity index is 1190. The van der Waals surface area contributed by atoms with E-state index in [1.54, 1.807) is 17.7 Å². The van der Waals surface area contributed by atoms with Gasteiger partial charge in [0.15, 0.2) is 16.8 Å². The lowest BCUT2D eigenvalue weighted by molar-refractivity contribution is -0.113. The number of benzene rings is 2. The van der Waals surface area contributed by atoms with E-state index in [0.29, 0.717) is 22.6 Å². The standard InChI is InChI=1S/C23H24BrF2N5O2S/c1-12(2)19(28-22(33)14-7-5-6-13(3)8-14)21-29-30-23(31(21)4)34-11-18(32)27-20-16(24)9-15(25)10-17(20)26/h5-10,12,19H,11H2,1-4H3,(H,27,32)(H,28,33)/t19-/m1/s1. The van der Waals surface area contributed by atoms with Gasteiger partial charge >= 0.3 is 0 Å². The zero-order valence-electron chi connectivity index (χ0n) is 19.0. The second-order valence-corrected chi connectivity index (χ2v) is 9.84. The summed E-state index contributed by atoms with van der Waals surface area (Å²) < 4.78 is 29.0. The molecular formula is C23H24BrF2N5O2S. The fraction of sp³-hybridized carbons (Fsp3) is 0.304. The molecule has 11 heteroatoms. The van der Waals surface area contributed by atoms with Crippen LogP contribution in [0.15, 0.2) is 46.0 Å². The van der Waals surface area contributed by atoms with Gasteiger partial charge in [-0.3, -0.25) is 9.59 Å². The minimum absolute atomic E-state index is 0.0246. The number of carbonyl (C=O) groups is 2. The Morgan fingerprint density at radius 2 is 1.91 bits per heavy atom. The van der Waals surface area contributed by atoms with Crippen molar-refractivity contribution in [2.75, 3.05) is 11.1 Å². The molecule has 2 aromatic carbocycles. The number of nitrogens with one attached hydrogen (secondary N) is 2. The number of aromatic nitrogens is 3. The number of rotatable bonds is 8. The quantitative estimate of drug-likeness (QED) is 0.383. The molecule has 7 nitrogen and oxygen atoms in total. The van der Waals surface area contributed by atoms with Crippen LogP contribution in [0.25, 0.3) is 0 Å². The van der Waals surface area contributed by atoms with Crippen molar-refractivity contribution in [2.45, 2.75) is 32.0 Å². The zero-order valence-corrected chi connectivity index (χ0v) is 21.4. The van der Waals surface area contributed by atoms with Crippen molar-refractivity contribution in [3.05, 3.63) is 69.5 Å². The minimum Gasteiger partial charge on any atom is -0.342 e. The molecule has 0 aliphatic rings. The summed E-state index contributed by atoms with van der Waals surface area (Å²) in [5.41, 5.74) is 1.40. The van der Waals surface area contributed by atoms with Gasteiger partial charge in [0.1, 0.15) is 5.82 Å². The highest BCUT2D eigenvalue weighted by Gasteiger charge is 2.25. The molecule has 2 amide bonds. The van der Waals surface area contributed by atoms with Crippen LogP contribution in [0, 0.1) is 24.5 Å². The van der Waals surface area contributed by atoms with Gasteiger partial charge in [-0.05, 0) is 47.0 Å². The Labute approximate surface area is 208 Å². The van der Waals surface area contributed by atoms with Crippen LogP contribution in [0.3, 0.4) is 0 Å². The maximum atomic E-state index is 14.0. The molecule has 3 aromatic rings. The van der Waals surface area contributed by atoms with Crippen LogP contribution in [0.2, 0.25) is 0 Å². The van der Waals surface area contributed by atoms with Crippen molar-refractivity contribution >= 4 is 45.2 Å². The average molecular weight is 552 g/mol. The first-order chi connectivity index (χ1) is 16.1. The van der Waals surface area contributed by atoms with E-state index in [1.165, 1.54) is 0 Å². The predicted molar refractivity (Wildman–Crippen MR) is 131 cm³/mol. The molecule has 1 atom stereocenters. The third-order valence-corrected chi connectivity index (χ3v) is 6.63. The van der Waals surface area contributed by atoms with Gasteiger partial charge < -0.3 is 15.2 Å². The van der Waals surface area contributed by atoms with Gasteiger partial charge in [-0.2, -0.15) is 0 Å². The number of anilines is 1. The van der Waals surface area contributed by atoms with Crippen molar-refractivity contribution < 1.29 is 18.4 Å². The van der Waals surface area contributed by atoms with Gasteiger partial charge in [-0.1, -0.05) is 43.3 Å². The van der Waals surface area contributed by atoms with E-state index in [9.17, 15) is 18.4 Å². The van der Waals surface area contributed by atoms with E-state index >= 15 is 0 Å². The van der Waals surface area contributed by atoms with Crippen LogP contribution in [0.5, 0.6) is 0 Å². The molecule has 1 aromatic heterocycles. The number of carbonyl (C=O) groups excluding carboxylic acids is 2. The number of amides is 2. The number of nitrogens with zero attached hydrogens (tertiary/aromatic N) is 3. The Morgan fingerprint density at radius 1 is 1.18 bits per heavy atom. The monoisotopic (exact) mass is 551 g/mol. The van der Waals surface area contributed by atoms with Crippen molar-refractivity contribution in [3.63, 3.8) is 0 Å². The Kier molecular flexibility index (Phi) is 8.42. The fourth-order valence-electron chi connectivity index (χ4n) is 3.23. The highest BCUT2D eigenvalue weighted by molar-refractivity contribution is 9.10. The summed E-state index contributed by atoms with van der Waals surface area (Å²) in [6.45, 7) is 5.85. The Hall–Kier alpha value is -2.79. The first-order valence-electron chi connectivity index (χ1n) is 10.4. The number of thioether (sulfide) groups is 1. The minimum atomic E-state index is -0.879. The molecule has 2 N–H and O–H groups in total. The van der Waals surface area contributed by atoms with E-state index in [0.717, 1.165) is 23.4 Å². The largest absolute Gasteiger partial charge is 0.342 e. The summed E-state index contributed by atoms with van der Waals surface area (Å²) >= 11 is 4.15. The molecule has 180 valence electrons. The summed E-state index contributed by atoms with van der Waals surface area (Å²) in [5, 5.41) is 14.3. The van der Waals surface area contributed by atoms with Crippen LogP contribution in [0.1, 0.15) is 41.6 Å². The highest BCUT2D eigenvalue weighted by atomic mass is 79.9. The first-order valence-corrected chi connectivity index (χ1v) is 12.2. The third-order valence-electron chi connectivity index (χ3n) is 4.98. The fourth-order valence-corrected chi connectivity index (χ4v) is 4.46. The summed E-state index contributed by atoms with van der Waals surface area (Å²) in [6.07, 6.45) is 0. The normalized spacial score (nSPS) is 12.0. The van der Waals surface area contributed by atoms with Crippen molar-refractivity contribution in [1.82, 2.24) is 20.1 Å². The SMILES string of the molecule is Cc1cccc(C(=O)N[C@@H](c2nnc(SCC(=O)Nc3c(F)cc(F)cc3Br)n2C)C(C)C)c1. The highest BCUT2D eigenvalue weighted by Crippen LogP contribution is 2.28. The first kappa shape index (κ1) is 25.8. The maximum absolute atomic E-state index is 14.0. The van der Waals surface area contributed by atoms with Gasteiger partial charge in [0.2, 0.25) is 5.91 Å². The van der Waals surface area contributed by atoms with E-state index in [2.05, 4.69) is 36.8 Å². The van der Waals surface area contributed by atoms with E-state index < -0.39 is 23.6 Å². The topological polar surface area (TPSA) is 88.9 Å². The lowest BCUT2D eigenvalue weighted by Gasteiger charge is -2.21. The van der Waals surface area contributed by atoms with Crippen LogP contribution in [-0.4, -0.2) is 32.3 Å². The summed E-state index contributed by atoms with van der Waals surface area (Å²) in [5.74, 6) is -1.84. The van der Waals surface area contributed by atoms with Crippen LogP contribution >= 0.6 is 27.7 Å². The molecule has 0 unspecified atom stereocenters. The number of hydrogen-bond donors (Lipinski definition) is 2. The van der Waals surface area contributed by atoms with Gasteiger partial charge in [0.05, 0.1) is 17.5 Å². The molecule has 0 saturated heterocycles. The van der Waals surface area contributed by atoms with E-state index in [-0.39, 0.29) is 27.7 Å². The summed E-state index contributed by atoms with van der Waals surface area (Å²) in [7, 11) is 1.75. The van der Waals surface area contributed by atoms with Crippen LogP contribution in [0.4, 0.5) is 14.5 Å². The lowest BCUT2D eigenvalue weighted by atomic mass is 10.0. The van der Waals surface area contributed by atoms with Gasteiger partial charge in [-0.15, -0.1) is 10.2 Å². The van der Waals surface area contributed by atoms with Crippen molar-refractivity contribution in [3.8, 4) is 0 Å². The number of aryl methyl sites for hydroxylation is 1. The molecule has 0 aliphatic carbocycles. The van der Waals surface area contributed by atoms with Gasteiger partial charge in [0, 0.05) is 23.2 Å². The Balaban J connectivity index is 1.69. The number of halogens is 3. The third kappa shape index (κ3) is 6.20. The van der Waals surface area contributed by atoms with Gasteiger partial charge in [0.25, 0.3) is 5.91 Å². The predicted octanol–water partition coefficient (Wildman–Crippen LogP) is 5.02. The summed E-state index contributed by atoms with van der Waals surface area (Å²) in [6, 6.07) is 8.66. The molecule has 0 saturated carbocycles. The number of hydrogen-bond acceptors (Lipinski definition) is 5. The molecule has 0 bridgehead atoms. The van der Waals surface area contributed by atoms with Crippen molar-refractivity contribution in [2.24, 2.45) is 13.0 Å². The summed E-state index contributed by atoms with van der Waals surface area (Å²) in [4.78, 5) is 25.1. The maximum Gasteiger partial charge on any atom is 0.251 e. The second kappa shape index (κ2) is 11.1. The molecule has 0 aliphatic heterocycles. The van der Waals surface area contributed by atoms with E-state index in [1.807, 2.05) is 39.0 Å². The van der Waals surface area contributed by atoms with Crippen molar-refractivity contribution in [1.29, 1.82) is 0 Å². The smallest absolute Gasteiger partial charge is 0.251 e. The van der Waals surface area contributed by atoms with Gasteiger partial charge in [-0.25, -0.2) is 8.78 Å². The van der Waals surface area contributed by atoms with Crippen LogP contribution in [-0.2, 0) is 11.8 Å². The van der Waals surface area contributed by atoms with Crippen LogP contribution < -0.4 is 10.6 Å². The average Bonchev–Trinajstić information content (AvgIpc) is 3.12. The molecular weight excluding hydrogens is 528 g/mol. The molecule has 0 radical (unpaired) electrons. The molecule has 0 spiro atoms. The molecule has 1 heterocycles. The van der Waals surface area contributed by atoms with E-state index in [4.69, 9.17) is 0 Å². The molecule has 3 rings (SSSR count). The second-order valence-electron chi connectivity index (χ2n) is 8.05. The molecule has 0 fully saturated rings.